The van der Waals surface area contributed by atoms with Crippen molar-refractivity contribution in [3.8, 4) is 5.75 Å². The monoisotopic (exact) mass is 305 g/mol. The lowest BCUT2D eigenvalue weighted by atomic mass is 9.97. The Morgan fingerprint density at radius 1 is 1.36 bits per heavy atom. The van der Waals surface area contributed by atoms with Crippen molar-refractivity contribution in [1.82, 2.24) is 5.32 Å². The largest absolute Gasteiger partial charge is 0.497 e. The molecule has 1 amide bonds. The number of carbonyl (C=O) groups is 2. The highest BCUT2D eigenvalue weighted by Gasteiger charge is 2.35. The molecule has 1 aromatic carbocycles. The second-order valence-electron chi connectivity index (χ2n) is 6.63. The summed E-state index contributed by atoms with van der Waals surface area (Å²) < 4.78 is 10.4. The van der Waals surface area contributed by atoms with E-state index in [-0.39, 0.29) is 17.7 Å². The van der Waals surface area contributed by atoms with E-state index in [0.29, 0.717) is 17.7 Å². The molecular weight excluding hydrogens is 282 g/mol. The fraction of sp³-hybridized carbons (Fsp3) is 0.529. The highest BCUT2D eigenvalue weighted by atomic mass is 16.6. The zero-order chi connectivity index (χ0) is 16.5. The average Bonchev–Trinajstić information content (AvgIpc) is 2.73. The standard InChI is InChI=1S/C17H23NO4/c1-10(18-16(20)22-17(2,3)4)13-8-11-6-7-12(21-5)9-14(11)15(13)19/h6-7,9-10,13H,8H2,1-5H3,(H,18,20). The molecule has 0 saturated carbocycles. The van der Waals surface area contributed by atoms with Gasteiger partial charge in [-0.25, -0.2) is 4.79 Å². The first kappa shape index (κ1) is 16.3. The van der Waals surface area contributed by atoms with E-state index in [0.717, 1.165) is 5.56 Å². The Hall–Kier alpha value is -2.04. The van der Waals surface area contributed by atoms with Crippen LogP contribution in [0.25, 0.3) is 0 Å². The first-order valence-electron chi connectivity index (χ1n) is 7.42. The second kappa shape index (κ2) is 5.99. The van der Waals surface area contributed by atoms with Gasteiger partial charge in [-0.1, -0.05) is 6.07 Å². The van der Waals surface area contributed by atoms with Gasteiger partial charge in [0.15, 0.2) is 5.78 Å². The summed E-state index contributed by atoms with van der Waals surface area (Å²) in [6.07, 6.45) is 0.121. The topological polar surface area (TPSA) is 64.6 Å². The maximum Gasteiger partial charge on any atom is 0.407 e. The normalized spacial score (nSPS) is 18.6. The third-order valence-corrected chi connectivity index (χ3v) is 3.71. The van der Waals surface area contributed by atoms with Gasteiger partial charge < -0.3 is 14.8 Å². The maximum absolute atomic E-state index is 12.5. The summed E-state index contributed by atoms with van der Waals surface area (Å²) in [6, 6.07) is 5.23. The van der Waals surface area contributed by atoms with E-state index in [1.165, 1.54) is 0 Å². The molecular formula is C17H23NO4. The van der Waals surface area contributed by atoms with E-state index in [1.54, 1.807) is 33.9 Å². The van der Waals surface area contributed by atoms with Crippen molar-refractivity contribution >= 4 is 11.9 Å². The van der Waals surface area contributed by atoms with E-state index < -0.39 is 11.7 Å². The number of amides is 1. The van der Waals surface area contributed by atoms with Gasteiger partial charge in [0.2, 0.25) is 0 Å². The Balaban J connectivity index is 2.05. The number of hydrogen-bond donors (Lipinski definition) is 1. The Labute approximate surface area is 131 Å². The Morgan fingerprint density at radius 2 is 2.05 bits per heavy atom. The molecule has 0 radical (unpaired) electrons. The van der Waals surface area contributed by atoms with Crippen LogP contribution in [0.3, 0.4) is 0 Å². The summed E-state index contributed by atoms with van der Waals surface area (Å²) in [5.74, 6) is 0.438. The van der Waals surface area contributed by atoms with Gasteiger partial charge >= 0.3 is 6.09 Å². The van der Waals surface area contributed by atoms with Gasteiger partial charge in [-0.15, -0.1) is 0 Å². The third-order valence-electron chi connectivity index (χ3n) is 3.71. The van der Waals surface area contributed by atoms with Crippen LogP contribution in [0.15, 0.2) is 18.2 Å². The number of fused-ring (bicyclic) bond motifs is 1. The molecule has 0 aromatic heterocycles. The summed E-state index contributed by atoms with van der Waals surface area (Å²) >= 11 is 0. The SMILES string of the molecule is COc1ccc2c(c1)C(=O)C(C(C)NC(=O)OC(C)(C)C)C2. The zero-order valence-electron chi connectivity index (χ0n) is 13.7. The minimum Gasteiger partial charge on any atom is -0.497 e. The van der Waals surface area contributed by atoms with Crippen LogP contribution >= 0.6 is 0 Å². The van der Waals surface area contributed by atoms with Crippen LogP contribution in [-0.4, -0.2) is 30.6 Å². The molecule has 120 valence electrons. The minimum atomic E-state index is -0.556. The predicted octanol–water partition coefficient (Wildman–Crippen LogP) is 2.96. The highest BCUT2D eigenvalue weighted by Crippen LogP contribution is 2.31. The number of benzene rings is 1. The zero-order valence-corrected chi connectivity index (χ0v) is 13.7. The number of Topliss-reactive ketones (excluding diaryl/α,β-unsaturated/α-hetero) is 1. The average molecular weight is 305 g/mol. The van der Waals surface area contributed by atoms with Crippen LogP contribution in [0.1, 0.15) is 43.6 Å². The molecule has 0 bridgehead atoms. The fourth-order valence-corrected chi connectivity index (χ4v) is 2.62. The van der Waals surface area contributed by atoms with E-state index in [9.17, 15) is 9.59 Å². The molecule has 0 aliphatic heterocycles. The molecule has 5 nitrogen and oxygen atoms in total. The molecule has 0 fully saturated rings. The molecule has 2 unspecified atom stereocenters. The number of hydrogen-bond acceptors (Lipinski definition) is 4. The smallest absolute Gasteiger partial charge is 0.407 e. The quantitative estimate of drug-likeness (QED) is 0.932. The number of nitrogens with one attached hydrogen (secondary N) is 1. The number of alkyl carbamates (subject to hydrolysis) is 1. The number of methoxy groups -OCH3 is 1. The Kier molecular flexibility index (Phi) is 4.44. The van der Waals surface area contributed by atoms with Crippen LogP contribution in [0.4, 0.5) is 4.79 Å². The summed E-state index contributed by atoms with van der Waals surface area (Å²) in [4.78, 5) is 24.4. The third kappa shape index (κ3) is 3.59. The Morgan fingerprint density at radius 3 is 2.64 bits per heavy atom. The maximum atomic E-state index is 12.5. The molecule has 0 heterocycles. The van der Waals surface area contributed by atoms with Crippen LogP contribution in [0.2, 0.25) is 0 Å². The van der Waals surface area contributed by atoms with Gasteiger partial charge in [0, 0.05) is 17.5 Å². The second-order valence-corrected chi connectivity index (χ2v) is 6.63. The lowest BCUT2D eigenvalue weighted by Crippen LogP contribution is -2.43. The van der Waals surface area contributed by atoms with Gasteiger partial charge in [0.1, 0.15) is 11.4 Å². The first-order valence-corrected chi connectivity index (χ1v) is 7.42. The molecule has 1 aromatic rings. The molecule has 0 saturated heterocycles. The molecule has 2 atom stereocenters. The number of ether oxygens (including phenoxy) is 2. The van der Waals surface area contributed by atoms with E-state index in [2.05, 4.69) is 5.32 Å². The molecule has 22 heavy (non-hydrogen) atoms. The minimum absolute atomic E-state index is 0.0393. The number of carbonyl (C=O) groups excluding carboxylic acids is 2. The van der Waals surface area contributed by atoms with Crippen molar-refractivity contribution < 1.29 is 19.1 Å². The molecule has 2 rings (SSSR count). The highest BCUT2D eigenvalue weighted by molar-refractivity contribution is 6.03. The molecule has 1 N–H and O–H groups in total. The van der Waals surface area contributed by atoms with Gasteiger partial charge in [0.25, 0.3) is 0 Å². The van der Waals surface area contributed by atoms with Crippen molar-refractivity contribution in [3.63, 3.8) is 0 Å². The van der Waals surface area contributed by atoms with E-state index >= 15 is 0 Å². The van der Waals surface area contributed by atoms with Gasteiger partial charge in [-0.05, 0) is 51.8 Å². The van der Waals surface area contributed by atoms with Gasteiger partial charge in [-0.3, -0.25) is 4.79 Å². The number of ketones is 1. The van der Waals surface area contributed by atoms with E-state index in [4.69, 9.17) is 9.47 Å². The van der Waals surface area contributed by atoms with Crippen LogP contribution < -0.4 is 10.1 Å². The summed E-state index contributed by atoms with van der Waals surface area (Å²) in [6.45, 7) is 7.25. The fourth-order valence-electron chi connectivity index (χ4n) is 2.62. The van der Waals surface area contributed by atoms with Gasteiger partial charge in [-0.2, -0.15) is 0 Å². The van der Waals surface area contributed by atoms with Crippen molar-refractivity contribution in [2.45, 2.75) is 45.8 Å². The lowest BCUT2D eigenvalue weighted by molar-refractivity contribution is 0.0491. The van der Waals surface area contributed by atoms with E-state index in [1.807, 2.05) is 19.1 Å². The molecule has 5 heteroatoms. The molecule has 1 aliphatic rings. The van der Waals surface area contributed by atoms with Gasteiger partial charge in [0.05, 0.1) is 7.11 Å². The number of rotatable bonds is 3. The first-order chi connectivity index (χ1) is 10.2. The lowest BCUT2D eigenvalue weighted by Gasteiger charge is -2.24. The van der Waals surface area contributed by atoms with Crippen LogP contribution in [0, 0.1) is 5.92 Å². The summed E-state index contributed by atoms with van der Waals surface area (Å²) in [5.41, 5.74) is 1.12. The van der Waals surface area contributed by atoms with Crippen LogP contribution in [-0.2, 0) is 11.2 Å². The summed E-state index contributed by atoms with van der Waals surface area (Å²) in [5, 5.41) is 2.76. The predicted molar refractivity (Wildman–Crippen MR) is 83.4 cm³/mol. The molecule has 0 spiro atoms. The van der Waals surface area contributed by atoms with Crippen molar-refractivity contribution in [2.24, 2.45) is 5.92 Å². The summed E-state index contributed by atoms with van der Waals surface area (Å²) in [7, 11) is 1.57. The van der Waals surface area contributed by atoms with Crippen molar-refractivity contribution in [1.29, 1.82) is 0 Å². The Bertz CT molecular complexity index is 589. The van der Waals surface area contributed by atoms with Crippen molar-refractivity contribution in [2.75, 3.05) is 7.11 Å². The van der Waals surface area contributed by atoms with Crippen molar-refractivity contribution in [3.05, 3.63) is 29.3 Å². The molecule has 1 aliphatic carbocycles. The van der Waals surface area contributed by atoms with Crippen LogP contribution in [0.5, 0.6) is 5.75 Å².